The number of hydrogen-bond acceptors (Lipinski definition) is 4. The van der Waals surface area contributed by atoms with Gasteiger partial charge >= 0.3 is 0 Å². The molecule has 1 unspecified atom stereocenters. The maximum absolute atomic E-state index is 9.63. The number of ether oxygens (including phenoxy) is 1. The molecule has 19 heavy (non-hydrogen) atoms. The van der Waals surface area contributed by atoms with Crippen molar-refractivity contribution in [1.29, 1.82) is 0 Å². The molecule has 0 bridgehead atoms. The summed E-state index contributed by atoms with van der Waals surface area (Å²) in [6.07, 6.45) is -0.689. The van der Waals surface area contributed by atoms with Crippen LogP contribution >= 0.6 is 0 Å². The lowest BCUT2D eigenvalue weighted by molar-refractivity contribution is 0.186. The van der Waals surface area contributed by atoms with Crippen LogP contribution in [0.5, 0.6) is 5.75 Å². The lowest BCUT2D eigenvalue weighted by Gasteiger charge is -2.13. The number of hydrogen-bond donors (Lipinski definition) is 3. The maximum atomic E-state index is 9.63. The third-order valence-electron chi connectivity index (χ3n) is 2.88. The molecule has 2 aromatic rings. The Kier molecular flexibility index (Phi) is 4.39. The van der Waals surface area contributed by atoms with Crippen molar-refractivity contribution in [3.63, 3.8) is 0 Å². The minimum atomic E-state index is -0.689. The number of nitrogens with two attached hydrogens (primary N) is 2. The fourth-order valence-corrected chi connectivity index (χ4v) is 1.78. The van der Waals surface area contributed by atoms with E-state index in [9.17, 15) is 5.11 Å². The Bertz CT molecular complexity index is 529. The first-order chi connectivity index (χ1) is 9.20. The number of nitrogen functional groups attached to an aromatic ring is 1. The Balaban J connectivity index is 2.05. The molecule has 0 aromatic heterocycles. The van der Waals surface area contributed by atoms with Crippen LogP contribution in [0.3, 0.4) is 0 Å². The van der Waals surface area contributed by atoms with Gasteiger partial charge in [-0.05, 0) is 23.3 Å². The van der Waals surface area contributed by atoms with Crippen molar-refractivity contribution in [2.75, 3.05) is 12.3 Å². The van der Waals surface area contributed by atoms with Crippen molar-refractivity contribution in [2.45, 2.75) is 12.7 Å². The summed E-state index contributed by atoms with van der Waals surface area (Å²) in [5.74, 6) is 0.608. The van der Waals surface area contributed by atoms with Crippen LogP contribution < -0.4 is 16.2 Å². The first kappa shape index (κ1) is 13.4. The molecule has 0 saturated heterocycles. The van der Waals surface area contributed by atoms with E-state index in [0.29, 0.717) is 23.6 Å². The number of aliphatic hydroxyl groups is 1. The molecule has 5 N–H and O–H groups in total. The second kappa shape index (κ2) is 6.22. The van der Waals surface area contributed by atoms with Gasteiger partial charge in [0, 0.05) is 6.54 Å². The summed E-state index contributed by atoms with van der Waals surface area (Å²) in [5.41, 5.74) is 13.6. The van der Waals surface area contributed by atoms with Crippen LogP contribution in [-0.2, 0) is 6.61 Å². The van der Waals surface area contributed by atoms with Crippen molar-refractivity contribution in [1.82, 2.24) is 0 Å². The summed E-state index contributed by atoms with van der Waals surface area (Å²) < 4.78 is 5.65. The molecule has 2 rings (SSSR count). The van der Waals surface area contributed by atoms with Crippen LogP contribution in [0.15, 0.2) is 48.5 Å². The second-order valence-corrected chi connectivity index (χ2v) is 4.32. The molecule has 4 heteroatoms. The largest absolute Gasteiger partial charge is 0.487 e. The predicted octanol–water partition coefficient (Wildman–Crippen LogP) is 1.84. The van der Waals surface area contributed by atoms with Gasteiger partial charge in [-0.15, -0.1) is 0 Å². The first-order valence-electron chi connectivity index (χ1n) is 6.15. The average molecular weight is 258 g/mol. The first-order valence-corrected chi connectivity index (χ1v) is 6.15. The molecule has 0 aliphatic rings. The normalized spacial score (nSPS) is 12.1. The fourth-order valence-electron chi connectivity index (χ4n) is 1.78. The molecule has 2 aromatic carbocycles. The lowest BCUT2D eigenvalue weighted by atomic mass is 10.1. The van der Waals surface area contributed by atoms with E-state index in [0.717, 1.165) is 5.56 Å². The molecule has 0 radical (unpaired) electrons. The summed E-state index contributed by atoms with van der Waals surface area (Å²) in [7, 11) is 0. The molecular formula is C15H18N2O2. The Morgan fingerprint density at radius 1 is 1.11 bits per heavy atom. The van der Waals surface area contributed by atoms with Gasteiger partial charge in [0.05, 0.1) is 11.8 Å². The topological polar surface area (TPSA) is 81.5 Å². The summed E-state index contributed by atoms with van der Waals surface area (Å²) in [4.78, 5) is 0. The molecule has 4 nitrogen and oxygen atoms in total. The summed E-state index contributed by atoms with van der Waals surface area (Å²) >= 11 is 0. The van der Waals surface area contributed by atoms with Gasteiger partial charge in [0.25, 0.3) is 0 Å². The van der Waals surface area contributed by atoms with E-state index >= 15 is 0 Å². The van der Waals surface area contributed by atoms with Gasteiger partial charge in [0.2, 0.25) is 0 Å². The monoisotopic (exact) mass is 258 g/mol. The number of aliphatic hydroxyl groups excluding tert-OH is 1. The van der Waals surface area contributed by atoms with E-state index in [4.69, 9.17) is 16.2 Å². The fraction of sp³-hybridized carbons (Fsp3) is 0.200. The van der Waals surface area contributed by atoms with Gasteiger partial charge in [-0.1, -0.05) is 36.4 Å². The Morgan fingerprint density at radius 3 is 2.47 bits per heavy atom. The highest BCUT2D eigenvalue weighted by Gasteiger charge is 2.08. The SMILES string of the molecule is NCC(O)c1ccc(OCc2ccccc2)c(N)c1. The van der Waals surface area contributed by atoms with E-state index < -0.39 is 6.10 Å². The van der Waals surface area contributed by atoms with Crippen molar-refractivity contribution >= 4 is 5.69 Å². The zero-order valence-electron chi connectivity index (χ0n) is 10.6. The minimum Gasteiger partial charge on any atom is -0.487 e. The second-order valence-electron chi connectivity index (χ2n) is 4.32. The van der Waals surface area contributed by atoms with E-state index in [1.807, 2.05) is 30.3 Å². The standard InChI is InChI=1S/C15H18N2O2/c16-9-14(18)12-6-7-15(13(17)8-12)19-10-11-4-2-1-3-5-11/h1-8,14,18H,9-10,16-17H2. The quantitative estimate of drug-likeness (QED) is 0.715. The van der Waals surface area contributed by atoms with Gasteiger partial charge in [0.1, 0.15) is 12.4 Å². The van der Waals surface area contributed by atoms with E-state index in [1.165, 1.54) is 0 Å². The maximum Gasteiger partial charge on any atom is 0.142 e. The van der Waals surface area contributed by atoms with Crippen LogP contribution in [0.2, 0.25) is 0 Å². The van der Waals surface area contributed by atoms with Gasteiger partial charge in [-0.3, -0.25) is 0 Å². The Morgan fingerprint density at radius 2 is 1.84 bits per heavy atom. The van der Waals surface area contributed by atoms with Gasteiger partial charge in [-0.2, -0.15) is 0 Å². The van der Waals surface area contributed by atoms with Crippen molar-refractivity contribution < 1.29 is 9.84 Å². The Labute approximate surface area is 112 Å². The molecule has 0 aliphatic carbocycles. The van der Waals surface area contributed by atoms with Gasteiger partial charge in [0.15, 0.2) is 0 Å². The van der Waals surface area contributed by atoms with Gasteiger partial charge < -0.3 is 21.3 Å². The minimum absolute atomic E-state index is 0.170. The van der Waals surface area contributed by atoms with Crippen LogP contribution in [-0.4, -0.2) is 11.7 Å². The van der Waals surface area contributed by atoms with E-state index in [-0.39, 0.29) is 6.54 Å². The highest BCUT2D eigenvalue weighted by molar-refractivity contribution is 5.54. The molecule has 0 fully saturated rings. The molecule has 0 amide bonds. The van der Waals surface area contributed by atoms with Gasteiger partial charge in [-0.25, -0.2) is 0 Å². The molecule has 1 atom stereocenters. The number of anilines is 1. The summed E-state index contributed by atoms with van der Waals surface area (Å²) in [6.45, 7) is 0.632. The van der Waals surface area contributed by atoms with E-state index in [1.54, 1.807) is 18.2 Å². The molecular weight excluding hydrogens is 240 g/mol. The third kappa shape index (κ3) is 3.47. The molecule has 0 heterocycles. The third-order valence-corrected chi connectivity index (χ3v) is 2.88. The van der Waals surface area contributed by atoms with Crippen molar-refractivity contribution in [3.8, 4) is 5.75 Å². The summed E-state index contributed by atoms with van der Waals surface area (Å²) in [5, 5.41) is 9.63. The molecule has 0 saturated carbocycles. The lowest BCUT2D eigenvalue weighted by Crippen LogP contribution is -2.11. The predicted molar refractivity (Wildman–Crippen MR) is 75.6 cm³/mol. The highest BCUT2D eigenvalue weighted by atomic mass is 16.5. The summed E-state index contributed by atoms with van der Waals surface area (Å²) in [6, 6.07) is 15.1. The van der Waals surface area contributed by atoms with Crippen LogP contribution in [0.4, 0.5) is 5.69 Å². The highest BCUT2D eigenvalue weighted by Crippen LogP contribution is 2.26. The van der Waals surface area contributed by atoms with Crippen molar-refractivity contribution in [3.05, 3.63) is 59.7 Å². The average Bonchev–Trinajstić information content (AvgIpc) is 2.46. The Hall–Kier alpha value is -2.04. The van der Waals surface area contributed by atoms with E-state index in [2.05, 4.69) is 0 Å². The smallest absolute Gasteiger partial charge is 0.142 e. The zero-order valence-corrected chi connectivity index (χ0v) is 10.6. The number of rotatable bonds is 5. The zero-order chi connectivity index (χ0) is 13.7. The van der Waals surface area contributed by atoms with Crippen LogP contribution in [0.1, 0.15) is 17.2 Å². The van der Waals surface area contributed by atoms with Crippen LogP contribution in [0, 0.1) is 0 Å². The number of benzene rings is 2. The van der Waals surface area contributed by atoms with Crippen molar-refractivity contribution in [2.24, 2.45) is 5.73 Å². The van der Waals surface area contributed by atoms with Crippen LogP contribution in [0.25, 0.3) is 0 Å². The molecule has 0 aliphatic heterocycles. The molecule has 100 valence electrons. The molecule has 0 spiro atoms.